The van der Waals surface area contributed by atoms with Gasteiger partial charge in [-0.15, -0.1) is 0 Å². The maximum atomic E-state index is 14.3. The summed E-state index contributed by atoms with van der Waals surface area (Å²) in [6.45, 7) is 2.14. The number of halogens is 3. The van der Waals surface area contributed by atoms with Gasteiger partial charge in [-0.3, -0.25) is 0 Å². The van der Waals surface area contributed by atoms with E-state index < -0.39 is 24.1 Å². The molecule has 4 rings (SSSR count). The van der Waals surface area contributed by atoms with E-state index in [0.717, 1.165) is 22.9 Å². The number of aryl methyl sites for hydroxylation is 1. The van der Waals surface area contributed by atoms with E-state index in [0.29, 0.717) is 36.0 Å². The summed E-state index contributed by atoms with van der Waals surface area (Å²) < 4.78 is 59.7. The van der Waals surface area contributed by atoms with E-state index in [1.165, 1.54) is 36.7 Å². The summed E-state index contributed by atoms with van der Waals surface area (Å²) in [6, 6.07) is 18.6. The zero-order chi connectivity index (χ0) is 25.8. The molecule has 2 aromatic heterocycles. The average molecular weight is 499 g/mol. The molecule has 0 aliphatic rings. The van der Waals surface area contributed by atoms with Gasteiger partial charge in [-0.1, -0.05) is 30.3 Å². The number of rotatable bonds is 9. The highest BCUT2D eigenvalue weighted by Crippen LogP contribution is 2.41. The number of aromatic nitrogens is 2. The molecule has 188 valence electrons. The number of oxazole rings is 1. The van der Waals surface area contributed by atoms with Crippen LogP contribution in [0.25, 0.3) is 11.5 Å². The summed E-state index contributed by atoms with van der Waals surface area (Å²) in [5.41, 5.74) is -0.928. The minimum absolute atomic E-state index is 0.304. The Labute approximate surface area is 206 Å². The molecule has 0 saturated heterocycles. The number of carbonyl (C=O) groups excluding carboxylic acids is 1. The van der Waals surface area contributed by atoms with Crippen molar-refractivity contribution in [2.75, 3.05) is 13.7 Å². The van der Waals surface area contributed by atoms with E-state index in [9.17, 15) is 18.0 Å². The average Bonchev–Trinajstić information content (AvgIpc) is 3.53. The van der Waals surface area contributed by atoms with Crippen molar-refractivity contribution >= 4 is 5.97 Å². The first-order valence-corrected chi connectivity index (χ1v) is 11.3. The third kappa shape index (κ3) is 5.00. The molecule has 2 aromatic carbocycles. The smallest absolute Gasteiger partial charge is 0.423 e. The third-order valence-corrected chi connectivity index (χ3v) is 5.94. The fourth-order valence-corrected chi connectivity index (χ4v) is 4.02. The second kappa shape index (κ2) is 10.3. The van der Waals surface area contributed by atoms with Gasteiger partial charge < -0.3 is 18.5 Å². The van der Waals surface area contributed by atoms with Crippen molar-refractivity contribution in [3.63, 3.8) is 0 Å². The second-order valence-electron chi connectivity index (χ2n) is 8.25. The minimum Gasteiger partial charge on any atom is -0.493 e. The lowest BCUT2D eigenvalue weighted by Gasteiger charge is -2.34. The lowest BCUT2D eigenvalue weighted by Crippen LogP contribution is -2.55. The Morgan fingerprint density at radius 3 is 2.28 bits per heavy atom. The van der Waals surface area contributed by atoms with Crippen LogP contribution in [0.4, 0.5) is 13.2 Å². The monoisotopic (exact) mass is 498 g/mol. The standard InChI is InChI=1S/C27H25F3N2O4/c1-19-23(31-24(36-19)21-8-4-3-5-9-21)14-17-35-22-12-10-20(11-13-22)18-26(25(33)34-2,27(28,29)30)32-15-6-7-16-32/h3-13,15-16H,14,17-18H2,1-2H3. The van der Waals surface area contributed by atoms with Crippen LogP contribution < -0.4 is 4.74 Å². The molecule has 9 heteroatoms. The molecule has 36 heavy (non-hydrogen) atoms. The lowest BCUT2D eigenvalue weighted by molar-refractivity contribution is -0.226. The number of carbonyl (C=O) groups is 1. The maximum absolute atomic E-state index is 14.3. The van der Waals surface area contributed by atoms with Gasteiger partial charge in [-0.25, -0.2) is 9.78 Å². The van der Waals surface area contributed by atoms with Gasteiger partial charge >= 0.3 is 12.1 Å². The van der Waals surface area contributed by atoms with Gasteiger partial charge in [0, 0.05) is 30.8 Å². The first-order chi connectivity index (χ1) is 17.2. The van der Waals surface area contributed by atoms with Crippen molar-refractivity contribution in [2.24, 2.45) is 0 Å². The van der Waals surface area contributed by atoms with Crippen molar-refractivity contribution < 1.29 is 31.9 Å². The van der Waals surface area contributed by atoms with E-state index in [-0.39, 0.29) is 0 Å². The number of alkyl halides is 3. The van der Waals surface area contributed by atoms with Crippen LogP contribution >= 0.6 is 0 Å². The van der Waals surface area contributed by atoms with E-state index in [4.69, 9.17) is 9.15 Å². The number of benzene rings is 2. The number of methoxy groups -OCH3 is 1. The Hall–Kier alpha value is -4.01. The molecule has 1 atom stereocenters. The summed E-state index contributed by atoms with van der Waals surface area (Å²) in [6.07, 6.45) is -2.61. The zero-order valence-electron chi connectivity index (χ0n) is 19.8. The number of hydrogen-bond donors (Lipinski definition) is 0. The molecule has 4 aromatic rings. The molecule has 0 bridgehead atoms. The summed E-state index contributed by atoms with van der Waals surface area (Å²) in [5, 5.41) is 0. The van der Waals surface area contributed by atoms with Gasteiger partial charge in [0.25, 0.3) is 0 Å². The Bertz CT molecular complexity index is 1280. The number of nitrogens with zero attached hydrogens (tertiary/aromatic N) is 2. The molecule has 6 nitrogen and oxygen atoms in total. The number of hydrogen-bond acceptors (Lipinski definition) is 5. The van der Waals surface area contributed by atoms with E-state index in [1.807, 2.05) is 37.3 Å². The largest absolute Gasteiger partial charge is 0.493 e. The molecule has 0 amide bonds. The Balaban J connectivity index is 1.44. The topological polar surface area (TPSA) is 66.5 Å². The Morgan fingerprint density at radius 1 is 1.00 bits per heavy atom. The zero-order valence-corrected chi connectivity index (χ0v) is 19.8. The number of esters is 1. The second-order valence-corrected chi connectivity index (χ2v) is 8.25. The summed E-state index contributed by atoms with van der Waals surface area (Å²) >= 11 is 0. The molecule has 0 radical (unpaired) electrons. The molecule has 0 saturated carbocycles. The molecule has 0 aliphatic heterocycles. The normalized spacial score (nSPS) is 13.2. The van der Waals surface area contributed by atoms with Gasteiger partial charge in [0.05, 0.1) is 19.4 Å². The Kier molecular flexibility index (Phi) is 7.19. The molecule has 2 heterocycles. The van der Waals surface area contributed by atoms with E-state index in [1.54, 1.807) is 12.1 Å². The van der Waals surface area contributed by atoms with Crippen LogP contribution in [0, 0.1) is 6.92 Å². The van der Waals surface area contributed by atoms with Gasteiger partial charge in [-0.2, -0.15) is 13.2 Å². The highest BCUT2D eigenvalue weighted by Gasteiger charge is 2.62. The highest BCUT2D eigenvalue weighted by atomic mass is 19.4. The van der Waals surface area contributed by atoms with Gasteiger partial charge in [0.1, 0.15) is 11.5 Å². The fourth-order valence-electron chi connectivity index (χ4n) is 4.02. The predicted octanol–water partition coefficient (Wildman–Crippen LogP) is 5.75. The quantitative estimate of drug-likeness (QED) is 0.275. The van der Waals surface area contributed by atoms with Crippen LogP contribution in [0.5, 0.6) is 5.75 Å². The molecule has 0 fully saturated rings. The molecule has 1 unspecified atom stereocenters. The van der Waals surface area contributed by atoms with Crippen LogP contribution in [0.15, 0.2) is 83.5 Å². The molecule has 0 N–H and O–H groups in total. The fraction of sp³-hybridized carbons (Fsp3) is 0.259. The Morgan fingerprint density at radius 2 is 1.67 bits per heavy atom. The van der Waals surface area contributed by atoms with E-state index >= 15 is 0 Å². The summed E-state index contributed by atoms with van der Waals surface area (Å²) in [5.74, 6) is 0.335. The van der Waals surface area contributed by atoms with Crippen LogP contribution in [0.1, 0.15) is 17.0 Å². The highest BCUT2D eigenvalue weighted by molar-refractivity contribution is 5.80. The lowest BCUT2D eigenvalue weighted by atomic mass is 9.89. The molecular formula is C27H25F3N2O4. The van der Waals surface area contributed by atoms with Crippen LogP contribution in [-0.2, 0) is 27.9 Å². The van der Waals surface area contributed by atoms with Crippen molar-refractivity contribution in [1.82, 2.24) is 9.55 Å². The maximum Gasteiger partial charge on any atom is 0.423 e. The van der Waals surface area contributed by atoms with Gasteiger partial charge in [-0.05, 0) is 48.9 Å². The molecule has 0 spiro atoms. The molecule has 0 aliphatic carbocycles. The van der Waals surface area contributed by atoms with Gasteiger partial charge in [0.2, 0.25) is 11.4 Å². The van der Waals surface area contributed by atoms with Gasteiger partial charge in [0.15, 0.2) is 0 Å². The van der Waals surface area contributed by atoms with Crippen molar-refractivity contribution in [3.8, 4) is 17.2 Å². The van der Waals surface area contributed by atoms with Crippen LogP contribution in [-0.4, -0.2) is 35.4 Å². The third-order valence-electron chi connectivity index (χ3n) is 5.94. The first kappa shape index (κ1) is 25.1. The predicted molar refractivity (Wildman–Crippen MR) is 126 cm³/mol. The minimum atomic E-state index is -4.89. The van der Waals surface area contributed by atoms with Crippen molar-refractivity contribution in [2.45, 2.75) is 31.5 Å². The first-order valence-electron chi connectivity index (χ1n) is 11.3. The van der Waals surface area contributed by atoms with E-state index in [2.05, 4.69) is 9.72 Å². The van der Waals surface area contributed by atoms with Crippen LogP contribution in [0.2, 0.25) is 0 Å². The summed E-state index contributed by atoms with van der Waals surface area (Å²) in [7, 11) is 0.947. The number of ether oxygens (including phenoxy) is 2. The van der Waals surface area contributed by atoms with Crippen LogP contribution in [0.3, 0.4) is 0 Å². The van der Waals surface area contributed by atoms with Crippen molar-refractivity contribution in [1.29, 1.82) is 0 Å². The van der Waals surface area contributed by atoms with Crippen molar-refractivity contribution in [3.05, 3.63) is 96.1 Å². The SMILES string of the molecule is COC(=O)C(Cc1ccc(OCCc2nc(-c3ccccc3)oc2C)cc1)(n1cccc1)C(F)(F)F. The summed E-state index contributed by atoms with van der Waals surface area (Å²) in [4.78, 5) is 17.0. The molecular weight excluding hydrogens is 473 g/mol.